The van der Waals surface area contributed by atoms with Gasteiger partial charge in [-0.15, -0.1) is 0 Å². The first-order chi connectivity index (χ1) is 44.1. The number of hydrogen-bond donors (Lipinski definition) is 5. The number of methoxy groups -OCH3 is 1. The molecule has 5 aromatic rings. The number of nitrogens with one attached hydrogen (secondary N) is 3. The average molecular weight is 1270 g/mol. The number of nitrogens with two attached hydrogens (primary N) is 2. The molecule has 7 N–H and O–H groups in total. The van der Waals surface area contributed by atoms with E-state index in [2.05, 4.69) is 50.1 Å². The molecular weight excluding hydrogens is 1170 g/mol. The number of hydrogen-bond acceptors (Lipinski definition) is 15. The Bertz CT molecular complexity index is 3290. The van der Waals surface area contributed by atoms with Crippen LogP contribution in [0, 0.1) is 11.3 Å². The maximum Gasteiger partial charge on any atom is 0.248 e. The first kappa shape index (κ1) is 65.6. The molecule has 7 heterocycles. The van der Waals surface area contributed by atoms with E-state index < -0.39 is 16.9 Å². The van der Waals surface area contributed by atoms with Crippen LogP contribution in [0.15, 0.2) is 85.3 Å². The third-order valence-corrected chi connectivity index (χ3v) is 20.8. The van der Waals surface area contributed by atoms with E-state index >= 15 is 0 Å². The minimum atomic E-state index is -0.998. The summed E-state index contributed by atoms with van der Waals surface area (Å²) in [5.41, 5.74) is 14.9. The lowest BCUT2D eigenvalue weighted by molar-refractivity contribution is -0.146. The first-order valence-corrected chi connectivity index (χ1v) is 33.7. The molecule has 91 heavy (non-hydrogen) atoms. The van der Waals surface area contributed by atoms with Crippen LogP contribution < -0.4 is 36.5 Å². The number of amides is 5. The highest BCUT2D eigenvalue weighted by Crippen LogP contribution is 2.54. The van der Waals surface area contributed by atoms with Crippen LogP contribution in [-0.2, 0) is 30.5 Å². The van der Waals surface area contributed by atoms with E-state index in [9.17, 15) is 24.0 Å². The zero-order valence-electron chi connectivity index (χ0n) is 53.3. The summed E-state index contributed by atoms with van der Waals surface area (Å²) in [4.78, 5) is 90.6. The lowest BCUT2D eigenvalue weighted by Gasteiger charge is -2.40. The fraction of sp³-hybridized carbons (Fsp3) is 0.580. The molecule has 2 aromatic heterocycles. The van der Waals surface area contributed by atoms with E-state index in [1.807, 2.05) is 84.8 Å². The van der Waals surface area contributed by atoms with Crippen molar-refractivity contribution in [3.63, 3.8) is 0 Å². The standard InChI is InChI=1S/C45H63ClN10O4.C24H31N3O4/c46-35-8-6-34(7-9-35)37(51-41(58)45(47)14-18-55(19-15-45)40-36-10-16-48-39(36)49-32-50-40)11-17-52-20-26-56(27-21-52)42(59)43-12-13-44(29-43,60-31-43)30-53-22-24-54(25-23-53)38(57)28-33-4-2-1-3-5-33;1-3-31-22-13-21(30-2)10-9-19(22)14-26-15-23(28)27-11-5-8-20(16-27)17-6-4-7-18(12-17)24(25)29/h6-10,16,32-33,37H,1-5,11-15,17-31,47H2,(H,51,58)(H,48,49,50);4,6-7,9-10,12-13,20,26H,3,5,8,11,14-16H2,1-2H3,(H2,25,29). The van der Waals surface area contributed by atoms with Crippen LogP contribution in [0.4, 0.5) is 5.82 Å². The molecule has 5 amide bonds. The molecule has 5 saturated heterocycles. The molecule has 4 atom stereocenters. The molecule has 2 aliphatic carbocycles. The smallest absolute Gasteiger partial charge is 0.248 e. The van der Waals surface area contributed by atoms with E-state index in [-0.39, 0.29) is 41.8 Å². The Morgan fingerprint density at radius 3 is 2.29 bits per heavy atom. The van der Waals surface area contributed by atoms with Gasteiger partial charge in [-0.3, -0.25) is 33.8 Å². The number of carbonyl (C=O) groups is 5. The quantitative estimate of drug-likeness (QED) is 0.0494. The van der Waals surface area contributed by atoms with Crippen LogP contribution in [0.25, 0.3) is 11.0 Å². The van der Waals surface area contributed by atoms with Gasteiger partial charge in [-0.1, -0.05) is 61.2 Å². The number of carbonyl (C=O) groups excluding carboxylic acids is 5. The number of piperazine rings is 2. The Labute approximate surface area is 540 Å². The number of aromatic nitrogens is 3. The highest BCUT2D eigenvalue weighted by molar-refractivity contribution is 6.30. The van der Waals surface area contributed by atoms with Gasteiger partial charge in [-0.25, -0.2) is 9.97 Å². The average Bonchev–Trinajstić information content (AvgIpc) is 1.69. The monoisotopic (exact) mass is 1270 g/mol. The molecule has 2 saturated carbocycles. The third kappa shape index (κ3) is 16.0. The molecule has 21 nitrogen and oxygen atoms in total. The van der Waals surface area contributed by atoms with Crippen molar-refractivity contribution in [1.29, 1.82) is 0 Å². The number of aromatic amines is 1. The summed E-state index contributed by atoms with van der Waals surface area (Å²) < 4.78 is 17.5. The fourth-order valence-corrected chi connectivity index (χ4v) is 15.2. The van der Waals surface area contributed by atoms with Gasteiger partial charge in [0.15, 0.2) is 0 Å². The number of nitrogens with zero attached hydrogens (tertiary/aromatic N) is 8. The maximum atomic E-state index is 14.2. The summed E-state index contributed by atoms with van der Waals surface area (Å²) in [5.74, 6) is 3.23. The number of benzene rings is 3. The van der Waals surface area contributed by atoms with Gasteiger partial charge in [-0.2, -0.15) is 0 Å². The summed E-state index contributed by atoms with van der Waals surface area (Å²) in [6.07, 6.45) is 16.6. The molecule has 0 radical (unpaired) electrons. The van der Waals surface area contributed by atoms with Crippen molar-refractivity contribution in [2.75, 3.05) is 123 Å². The predicted molar refractivity (Wildman–Crippen MR) is 351 cm³/mol. The zero-order chi connectivity index (χ0) is 63.5. The van der Waals surface area contributed by atoms with Crippen molar-refractivity contribution in [1.82, 2.24) is 50.1 Å². The van der Waals surface area contributed by atoms with E-state index in [0.29, 0.717) is 101 Å². The Balaban J connectivity index is 0.000000231. The van der Waals surface area contributed by atoms with E-state index in [1.54, 1.807) is 19.5 Å². The Morgan fingerprint density at radius 1 is 0.802 bits per heavy atom. The SMILES string of the molecule is CCOc1cc(OC)ccc1CNCC(=O)N1CCCC(c2cccc(C(N)=O)c2)C1.NC1(C(=O)NC(CCN2CCN(C(=O)C34CCC(CN5CCN(C(=O)CC6CCCCC6)CC5)(C3)OC4)CC2)c2ccc(Cl)cc2)CCN(c2ncnc3[nH]ccc23)CC1. The highest BCUT2D eigenvalue weighted by atomic mass is 35.5. The topological polar surface area (TPSA) is 250 Å². The summed E-state index contributed by atoms with van der Waals surface area (Å²) in [6.45, 7) is 14.3. The second kappa shape index (κ2) is 29.8. The molecule has 2 bridgehead atoms. The number of rotatable bonds is 21. The third-order valence-electron chi connectivity index (χ3n) is 20.5. The second-order valence-electron chi connectivity index (χ2n) is 26.6. The molecule has 12 rings (SSSR count). The highest BCUT2D eigenvalue weighted by Gasteiger charge is 2.61. The Kier molecular flexibility index (Phi) is 21.5. The number of ether oxygens (including phenoxy) is 3. The number of H-pyrrole nitrogens is 1. The van der Waals surface area contributed by atoms with Gasteiger partial charge in [0.1, 0.15) is 29.3 Å². The van der Waals surface area contributed by atoms with E-state index in [4.69, 9.17) is 37.3 Å². The molecule has 22 heteroatoms. The predicted octanol–water partition coefficient (Wildman–Crippen LogP) is 7.04. The van der Waals surface area contributed by atoms with E-state index in [1.165, 1.54) is 32.1 Å². The molecule has 7 fully saturated rings. The zero-order valence-corrected chi connectivity index (χ0v) is 54.1. The number of fused-ring (bicyclic) bond motifs is 3. The molecule has 3 aromatic carbocycles. The van der Waals surface area contributed by atoms with Gasteiger partial charge in [0.2, 0.25) is 29.5 Å². The largest absolute Gasteiger partial charge is 0.497 e. The number of halogens is 1. The Hall–Kier alpha value is -6.88. The molecular formula is C69H94ClN13O8. The van der Waals surface area contributed by atoms with Crippen molar-refractivity contribution in [2.24, 2.45) is 22.8 Å². The second-order valence-corrected chi connectivity index (χ2v) is 27.0. The van der Waals surface area contributed by atoms with E-state index in [0.717, 1.165) is 136 Å². The van der Waals surface area contributed by atoms with Gasteiger partial charge in [0.25, 0.3) is 0 Å². The normalized spacial score (nSPS) is 23.3. The number of piperidine rings is 2. The van der Waals surface area contributed by atoms with Crippen molar-refractivity contribution >= 4 is 58.0 Å². The first-order valence-electron chi connectivity index (χ1n) is 33.3. The van der Waals surface area contributed by atoms with Crippen molar-refractivity contribution < 1.29 is 38.2 Å². The molecule has 0 spiro atoms. The Morgan fingerprint density at radius 2 is 1.56 bits per heavy atom. The van der Waals surface area contributed by atoms with Crippen molar-refractivity contribution in [3.05, 3.63) is 113 Å². The van der Waals surface area contributed by atoms with Gasteiger partial charge in [0.05, 0.1) is 54.9 Å². The summed E-state index contributed by atoms with van der Waals surface area (Å²) >= 11 is 6.27. The van der Waals surface area contributed by atoms with Crippen LogP contribution in [0.2, 0.25) is 5.02 Å². The van der Waals surface area contributed by atoms with Gasteiger partial charge >= 0.3 is 0 Å². The lowest BCUT2D eigenvalue weighted by atomic mass is 9.85. The minimum Gasteiger partial charge on any atom is -0.497 e. The molecule has 4 unspecified atom stereocenters. The van der Waals surface area contributed by atoms with Crippen molar-refractivity contribution in [3.8, 4) is 11.5 Å². The van der Waals surface area contributed by atoms with Crippen LogP contribution >= 0.6 is 11.6 Å². The molecule has 7 aliphatic rings. The maximum absolute atomic E-state index is 14.2. The number of anilines is 1. The molecule has 5 aliphatic heterocycles. The number of likely N-dealkylation sites (tertiary alicyclic amines) is 1. The van der Waals surface area contributed by atoms with Crippen LogP contribution in [0.5, 0.6) is 11.5 Å². The van der Waals surface area contributed by atoms with Gasteiger partial charge < -0.3 is 60.9 Å². The lowest BCUT2D eigenvalue weighted by Crippen LogP contribution is -2.60. The number of primary amides is 1. The minimum absolute atomic E-state index is 0.0715. The summed E-state index contributed by atoms with van der Waals surface area (Å²) in [6, 6.07) is 22.6. The van der Waals surface area contributed by atoms with Crippen LogP contribution in [-0.4, -0.2) is 199 Å². The molecule has 490 valence electrons. The van der Waals surface area contributed by atoms with Crippen molar-refractivity contribution in [2.45, 2.75) is 126 Å². The van der Waals surface area contributed by atoms with Gasteiger partial charge in [0, 0.05) is 139 Å². The van der Waals surface area contributed by atoms with Crippen LogP contribution in [0.1, 0.15) is 136 Å². The summed E-state index contributed by atoms with van der Waals surface area (Å²) in [7, 11) is 1.62. The van der Waals surface area contributed by atoms with Gasteiger partial charge in [-0.05, 0) is 125 Å². The van der Waals surface area contributed by atoms with Crippen LogP contribution in [0.3, 0.4) is 0 Å². The fourth-order valence-electron chi connectivity index (χ4n) is 15.1. The summed E-state index contributed by atoms with van der Waals surface area (Å²) in [5, 5.41) is 8.19.